The van der Waals surface area contributed by atoms with Crippen LogP contribution in [0.5, 0.6) is 0 Å². The number of methoxy groups -OCH3 is 2. The third kappa shape index (κ3) is 17.9. The molecule has 1 aromatic carbocycles. The maximum Gasteiger partial charge on any atom is 0.311 e. The normalized spacial score (nSPS) is 39.0. The molecule has 22 nitrogen and oxygen atoms in total. The summed E-state index contributed by atoms with van der Waals surface area (Å²) in [6.07, 6.45) is -13.3. The van der Waals surface area contributed by atoms with Gasteiger partial charge >= 0.3 is 11.9 Å². The number of Topliss-reactive ketones (excluding diaryl/α,β-unsaturated/α-hetero) is 1. The van der Waals surface area contributed by atoms with Crippen LogP contribution in [0.2, 0.25) is 0 Å². The van der Waals surface area contributed by atoms with Gasteiger partial charge < -0.3 is 67.5 Å². The van der Waals surface area contributed by atoms with E-state index < -0.39 is 160 Å². The standard InChI is InChI=1S/C59H99N3O19S/c1-31(2)24-44(63)78-50-38(9)49(33(4)29-74-57-53(72-17)52(71-16)46(64)41(12)77-57)80-55(67)40(11)51(79-45-25-34(5)62(28-36(7)75-45)30-58(13,14)61-82(69,70)42-22-20-19-21-23-42)37(8)48(32(3)27-59(15,68)54(66)39(50)10)81-56-47(65)43(60-73-18)26-35(6)76-56/h19-23,31-41,45-53,56-57,61,64-65,68H,24-30H2,1-18H3/t32-,33-,34?,35+,36-,37+,38-,39+,40+,41+,45-,46+,47+,48-,49+,50+,51-,52+,53+,56-,57+,59-/m0/s1. The number of nitrogens with one attached hydrogen (secondary N) is 1. The number of hydrogen-bond donors (Lipinski definition) is 4. The molecule has 1 unspecified atom stereocenters. The van der Waals surface area contributed by atoms with Crippen molar-refractivity contribution in [2.45, 2.75) is 238 Å². The van der Waals surface area contributed by atoms with E-state index in [1.54, 1.807) is 78.8 Å². The van der Waals surface area contributed by atoms with Crippen LogP contribution in [-0.4, -0.2) is 196 Å². The number of ketones is 1. The topological polar surface area (TPSA) is 275 Å². The van der Waals surface area contributed by atoms with Gasteiger partial charge in [0.2, 0.25) is 10.0 Å². The van der Waals surface area contributed by atoms with E-state index in [4.69, 9.17) is 52.2 Å². The smallest absolute Gasteiger partial charge is 0.311 e. The average molecular weight is 1190 g/mol. The lowest BCUT2D eigenvalue weighted by Crippen LogP contribution is -2.59. The van der Waals surface area contributed by atoms with Gasteiger partial charge in [0.05, 0.1) is 59.6 Å². The van der Waals surface area contributed by atoms with Crippen molar-refractivity contribution in [3.05, 3.63) is 30.3 Å². The zero-order valence-electron chi connectivity index (χ0n) is 51.7. The highest BCUT2D eigenvalue weighted by atomic mass is 32.2. The van der Waals surface area contributed by atoms with Crippen molar-refractivity contribution in [3.8, 4) is 0 Å². The maximum absolute atomic E-state index is 15.5. The molecule has 4 aliphatic heterocycles. The summed E-state index contributed by atoms with van der Waals surface area (Å²) in [6, 6.07) is 7.91. The van der Waals surface area contributed by atoms with E-state index in [9.17, 15) is 28.5 Å². The number of aliphatic hydroxyl groups is 3. The fraction of sp³-hybridized carbons (Fsp3) is 0.831. The Labute approximate surface area is 487 Å². The summed E-state index contributed by atoms with van der Waals surface area (Å²) in [4.78, 5) is 51.7. The van der Waals surface area contributed by atoms with Gasteiger partial charge in [-0.25, -0.2) is 13.1 Å². The van der Waals surface area contributed by atoms with Crippen LogP contribution < -0.4 is 4.72 Å². The Balaban J connectivity index is 1.60. The van der Waals surface area contributed by atoms with Gasteiger partial charge in [0.1, 0.15) is 49.3 Å². The maximum atomic E-state index is 15.5. The molecule has 4 fully saturated rings. The monoisotopic (exact) mass is 1190 g/mol. The molecule has 0 radical (unpaired) electrons. The van der Waals surface area contributed by atoms with Crippen molar-refractivity contribution in [2.75, 3.05) is 41.0 Å². The lowest BCUT2D eigenvalue weighted by atomic mass is 9.74. The Kier molecular flexibility index (Phi) is 25.3. The average Bonchev–Trinajstić information content (AvgIpc) is 3.52. The summed E-state index contributed by atoms with van der Waals surface area (Å²) in [7, 11) is 0.379. The molecule has 4 N–H and O–H groups in total. The van der Waals surface area contributed by atoms with Crippen LogP contribution in [-0.2, 0) is 76.6 Å². The number of aliphatic hydroxyl groups excluding tert-OH is 2. The predicted molar refractivity (Wildman–Crippen MR) is 302 cm³/mol. The van der Waals surface area contributed by atoms with Crippen molar-refractivity contribution in [1.82, 2.24) is 9.62 Å². The van der Waals surface area contributed by atoms with E-state index in [1.807, 2.05) is 48.5 Å². The molecule has 5 rings (SSSR count). The number of carbonyl (C=O) groups is 3. The minimum absolute atomic E-state index is 0.0172. The molecule has 0 amide bonds. The van der Waals surface area contributed by atoms with Crippen LogP contribution in [0.25, 0.3) is 0 Å². The zero-order valence-corrected chi connectivity index (χ0v) is 52.5. The van der Waals surface area contributed by atoms with Crippen LogP contribution >= 0.6 is 0 Å². The molecular formula is C59H99N3O19S. The second-order valence-corrected chi connectivity index (χ2v) is 26.8. The molecule has 0 aromatic heterocycles. The Hall–Kier alpha value is -3.27. The Morgan fingerprint density at radius 3 is 2.10 bits per heavy atom. The number of rotatable bonds is 19. The van der Waals surface area contributed by atoms with E-state index in [0.29, 0.717) is 13.1 Å². The molecule has 0 saturated carbocycles. The third-order valence-electron chi connectivity index (χ3n) is 16.5. The molecule has 22 atom stereocenters. The second kappa shape index (κ2) is 29.9. The van der Waals surface area contributed by atoms with Gasteiger partial charge in [-0.1, -0.05) is 71.8 Å². The van der Waals surface area contributed by atoms with Gasteiger partial charge in [-0.3, -0.25) is 19.3 Å². The highest BCUT2D eigenvalue weighted by molar-refractivity contribution is 7.89. The Morgan fingerprint density at radius 2 is 1.49 bits per heavy atom. The van der Waals surface area contributed by atoms with Crippen molar-refractivity contribution < 1.29 is 90.3 Å². The first-order valence-corrected chi connectivity index (χ1v) is 30.6. The molecular weight excluding hydrogens is 1090 g/mol. The number of oxime groups is 1. The van der Waals surface area contributed by atoms with E-state index in [0.717, 1.165) is 0 Å². The molecule has 4 aliphatic rings. The van der Waals surface area contributed by atoms with E-state index in [2.05, 4.69) is 14.8 Å². The number of benzene rings is 1. The van der Waals surface area contributed by atoms with Gasteiger partial charge in [-0.2, -0.15) is 0 Å². The molecule has 82 heavy (non-hydrogen) atoms. The van der Waals surface area contributed by atoms with Crippen LogP contribution in [0.4, 0.5) is 0 Å². The summed E-state index contributed by atoms with van der Waals surface area (Å²) >= 11 is 0. The van der Waals surface area contributed by atoms with Gasteiger partial charge in [0.15, 0.2) is 24.7 Å². The van der Waals surface area contributed by atoms with Crippen molar-refractivity contribution in [1.29, 1.82) is 0 Å². The Morgan fingerprint density at radius 1 is 0.841 bits per heavy atom. The lowest BCUT2D eigenvalue weighted by molar-refractivity contribution is -0.305. The first-order chi connectivity index (χ1) is 38.3. The van der Waals surface area contributed by atoms with Crippen LogP contribution in [0.15, 0.2) is 40.4 Å². The number of sulfonamides is 1. The Bertz CT molecular complexity index is 2340. The molecule has 0 aliphatic carbocycles. The van der Waals surface area contributed by atoms with Crippen LogP contribution in [0, 0.1) is 41.4 Å². The summed E-state index contributed by atoms with van der Waals surface area (Å²) < 4.78 is 93.8. The summed E-state index contributed by atoms with van der Waals surface area (Å²) in [5, 5.41) is 39.3. The number of carbonyl (C=O) groups excluding carboxylic acids is 3. The fourth-order valence-corrected chi connectivity index (χ4v) is 13.8. The first-order valence-electron chi connectivity index (χ1n) is 29.2. The lowest BCUT2D eigenvalue weighted by Gasteiger charge is -2.44. The highest BCUT2D eigenvalue weighted by Crippen LogP contribution is 2.40. The SMILES string of the molecule is CON=C1C[C@@H](C)O[C@@H](O[C@@H]2[C@@H](C)[C@H](O[C@H]3CC(C)N(CC(C)(C)NS(=O)(=O)c4ccccc4)C[C@H](C)O3)[C@@H](C)C(=O)O[C@H]([C@@H](C)CO[C@@H]3O[C@H](C)[C@@H](O)[C@@H](OC)[C@H]3OC)[C@H](C)[C@@H](OC(=O)CC(C)C)[C@@H](C)C(=O)[C@@](C)(O)C[C@@H]2C)[C@@H]1O. The first kappa shape index (κ1) is 69.5. The van der Waals surface area contributed by atoms with E-state index >= 15 is 9.59 Å². The minimum atomic E-state index is -3.88. The summed E-state index contributed by atoms with van der Waals surface area (Å²) in [5.41, 5.74) is -2.74. The van der Waals surface area contributed by atoms with E-state index in [1.165, 1.54) is 28.3 Å². The van der Waals surface area contributed by atoms with Gasteiger partial charge in [-0.15, -0.1) is 0 Å². The molecule has 4 saturated heterocycles. The molecule has 0 spiro atoms. The quantitative estimate of drug-likeness (QED) is 0.0997. The number of esters is 2. The number of nitrogens with zero attached hydrogens (tertiary/aromatic N) is 2. The van der Waals surface area contributed by atoms with E-state index in [-0.39, 0.29) is 54.9 Å². The summed E-state index contributed by atoms with van der Waals surface area (Å²) in [5.74, 6) is -7.49. The fourth-order valence-electron chi connectivity index (χ4n) is 12.4. The van der Waals surface area contributed by atoms with Crippen LogP contribution in [0.3, 0.4) is 0 Å². The van der Waals surface area contributed by atoms with Gasteiger partial charge in [0, 0.05) is 75.9 Å². The molecule has 1 aromatic rings. The van der Waals surface area contributed by atoms with Crippen molar-refractivity contribution in [3.63, 3.8) is 0 Å². The third-order valence-corrected chi connectivity index (χ3v) is 18.2. The number of ether oxygens (including phenoxy) is 10. The summed E-state index contributed by atoms with van der Waals surface area (Å²) in [6.45, 7) is 27.1. The molecule has 470 valence electrons. The molecule has 0 bridgehead atoms. The molecule has 23 heteroatoms. The number of cyclic esters (lactones) is 1. The number of hydrogen-bond acceptors (Lipinski definition) is 21. The van der Waals surface area contributed by atoms with Gasteiger partial charge in [-0.05, 0) is 85.8 Å². The van der Waals surface area contributed by atoms with Crippen molar-refractivity contribution >= 4 is 33.5 Å². The predicted octanol–water partition coefficient (Wildman–Crippen LogP) is 5.40. The molecule has 4 heterocycles. The highest BCUT2D eigenvalue weighted by Gasteiger charge is 2.51. The van der Waals surface area contributed by atoms with Crippen molar-refractivity contribution in [2.24, 2.45) is 46.6 Å². The van der Waals surface area contributed by atoms with Crippen LogP contribution in [0.1, 0.15) is 130 Å². The minimum Gasteiger partial charge on any atom is -0.461 e. The largest absolute Gasteiger partial charge is 0.461 e. The second-order valence-electron chi connectivity index (χ2n) is 25.1. The zero-order chi connectivity index (χ0) is 61.3. The van der Waals surface area contributed by atoms with Gasteiger partial charge in [0.25, 0.3) is 0 Å².